The van der Waals surface area contributed by atoms with Gasteiger partial charge in [-0.2, -0.15) is 0 Å². The van der Waals surface area contributed by atoms with Crippen molar-refractivity contribution < 1.29 is 19.4 Å². The number of fused-ring (bicyclic) bond motifs is 2. The minimum Gasteiger partial charge on any atom is -0.545 e. The third kappa shape index (κ3) is 2.90. The Labute approximate surface area is 141 Å². The minimum absolute atomic E-state index is 0.260. The average Bonchev–Trinajstić information content (AvgIpc) is 2.82. The maximum Gasteiger partial charge on any atom is 0.410 e. The lowest BCUT2D eigenvalue weighted by Gasteiger charge is -2.39. The number of likely N-dealkylation sites (tertiary alicyclic amines) is 1. The summed E-state index contributed by atoms with van der Waals surface area (Å²) in [4.78, 5) is 25.4. The van der Waals surface area contributed by atoms with Crippen molar-refractivity contribution in [1.82, 2.24) is 4.90 Å². The highest BCUT2D eigenvalue weighted by atomic mass is 16.6. The van der Waals surface area contributed by atoms with Crippen molar-refractivity contribution in [2.24, 2.45) is 0 Å². The van der Waals surface area contributed by atoms with Gasteiger partial charge >= 0.3 is 6.09 Å². The Kier molecular flexibility index (Phi) is 3.90. The lowest BCUT2D eigenvalue weighted by Crippen LogP contribution is -2.45. The summed E-state index contributed by atoms with van der Waals surface area (Å²) < 4.78 is 5.42. The molecule has 128 valence electrons. The summed E-state index contributed by atoms with van der Waals surface area (Å²) in [6.45, 7) is 6.62. The van der Waals surface area contributed by atoms with Gasteiger partial charge in [-0.25, -0.2) is 4.79 Å². The zero-order valence-electron chi connectivity index (χ0n) is 14.3. The zero-order chi connectivity index (χ0) is 17.5. The van der Waals surface area contributed by atoms with E-state index in [0.717, 1.165) is 11.1 Å². The van der Waals surface area contributed by atoms with Crippen LogP contribution in [0.15, 0.2) is 30.3 Å². The van der Waals surface area contributed by atoms with E-state index in [4.69, 9.17) is 4.74 Å². The first-order valence-electron chi connectivity index (χ1n) is 8.24. The summed E-state index contributed by atoms with van der Waals surface area (Å²) in [7, 11) is 0. The fourth-order valence-corrected chi connectivity index (χ4v) is 3.58. The minimum atomic E-state index is -1.14. The van der Waals surface area contributed by atoms with Crippen LogP contribution in [-0.4, -0.2) is 35.7 Å². The number of hydrogen-bond acceptors (Lipinski definition) is 4. The maximum atomic E-state index is 12.2. The van der Waals surface area contributed by atoms with E-state index >= 15 is 0 Å². The van der Waals surface area contributed by atoms with Crippen molar-refractivity contribution in [1.29, 1.82) is 0 Å². The molecule has 1 saturated heterocycles. The molecule has 24 heavy (non-hydrogen) atoms. The molecule has 2 aliphatic rings. The summed E-state index contributed by atoms with van der Waals surface area (Å²) in [5.74, 6) is -1.14. The monoisotopic (exact) mass is 328 g/mol. The van der Waals surface area contributed by atoms with Crippen LogP contribution < -0.4 is 5.11 Å². The number of ether oxygens (including phenoxy) is 1. The number of carbonyl (C=O) groups excluding carboxylic acids is 2. The van der Waals surface area contributed by atoms with E-state index in [1.165, 1.54) is 0 Å². The van der Waals surface area contributed by atoms with E-state index in [1.807, 2.05) is 51.1 Å². The number of aliphatic carboxylic acids is 1. The van der Waals surface area contributed by atoms with E-state index in [1.54, 1.807) is 4.90 Å². The molecule has 1 spiro atoms. The van der Waals surface area contributed by atoms with Gasteiger partial charge in [0.05, 0.1) is 5.97 Å². The number of rotatable bonds is 1. The standard InChI is InChI=1S/C19H23NO4/c1-18(2,3)24-17(23)20-10-8-19(9-11-20)12-14(16(21)22)13-6-4-5-7-15(13)19/h4-7,12H,8-11H2,1-3H3,(H,21,22)/p-1. The summed E-state index contributed by atoms with van der Waals surface area (Å²) in [6.07, 6.45) is 2.87. The Morgan fingerprint density at radius 3 is 2.38 bits per heavy atom. The molecule has 0 N–H and O–H groups in total. The van der Waals surface area contributed by atoms with Gasteiger partial charge in [0.2, 0.25) is 0 Å². The van der Waals surface area contributed by atoms with Gasteiger partial charge in [-0.1, -0.05) is 30.3 Å². The number of piperidine rings is 1. The Balaban J connectivity index is 1.81. The number of allylic oxidation sites excluding steroid dienone is 1. The van der Waals surface area contributed by atoms with Crippen LogP contribution in [0.5, 0.6) is 0 Å². The van der Waals surface area contributed by atoms with Crippen molar-refractivity contribution >= 4 is 17.6 Å². The van der Waals surface area contributed by atoms with Gasteiger partial charge in [0.1, 0.15) is 5.60 Å². The second-order valence-electron chi connectivity index (χ2n) is 7.51. The lowest BCUT2D eigenvalue weighted by molar-refractivity contribution is -0.295. The molecule has 1 aliphatic carbocycles. The molecular weight excluding hydrogens is 306 g/mol. The highest BCUT2D eigenvalue weighted by molar-refractivity contribution is 6.16. The fourth-order valence-electron chi connectivity index (χ4n) is 3.58. The van der Waals surface area contributed by atoms with E-state index in [9.17, 15) is 14.7 Å². The highest BCUT2D eigenvalue weighted by Gasteiger charge is 2.42. The molecule has 1 heterocycles. The predicted molar refractivity (Wildman–Crippen MR) is 88.1 cm³/mol. The lowest BCUT2D eigenvalue weighted by atomic mass is 9.74. The van der Waals surface area contributed by atoms with Gasteiger partial charge in [-0.15, -0.1) is 0 Å². The Bertz CT molecular complexity index is 706. The van der Waals surface area contributed by atoms with Gasteiger partial charge in [0.25, 0.3) is 0 Å². The molecule has 0 radical (unpaired) electrons. The van der Waals surface area contributed by atoms with E-state index in [0.29, 0.717) is 25.9 Å². The molecule has 0 atom stereocenters. The number of benzene rings is 1. The van der Waals surface area contributed by atoms with Crippen molar-refractivity contribution in [3.63, 3.8) is 0 Å². The molecule has 0 unspecified atom stereocenters. The van der Waals surface area contributed by atoms with Crippen LogP contribution in [0, 0.1) is 0 Å². The summed E-state index contributed by atoms with van der Waals surface area (Å²) in [5.41, 5.74) is 1.17. The normalized spacial score (nSPS) is 19.0. The first-order chi connectivity index (χ1) is 11.2. The first kappa shape index (κ1) is 16.6. The largest absolute Gasteiger partial charge is 0.545 e. The highest BCUT2D eigenvalue weighted by Crippen LogP contribution is 2.46. The molecule has 1 aliphatic heterocycles. The molecule has 5 nitrogen and oxygen atoms in total. The van der Waals surface area contributed by atoms with Gasteiger partial charge in [-0.05, 0) is 44.7 Å². The molecule has 5 heteroatoms. The molecule has 0 aromatic heterocycles. The number of carboxylic acids is 1. The molecule has 3 rings (SSSR count). The topological polar surface area (TPSA) is 69.7 Å². The van der Waals surface area contributed by atoms with E-state index in [-0.39, 0.29) is 17.1 Å². The first-order valence-corrected chi connectivity index (χ1v) is 8.24. The molecule has 0 bridgehead atoms. The Morgan fingerprint density at radius 2 is 1.79 bits per heavy atom. The quantitative estimate of drug-likeness (QED) is 0.791. The van der Waals surface area contributed by atoms with Crippen molar-refractivity contribution in [3.05, 3.63) is 41.5 Å². The smallest absolute Gasteiger partial charge is 0.410 e. The second-order valence-corrected chi connectivity index (χ2v) is 7.51. The Morgan fingerprint density at radius 1 is 1.17 bits per heavy atom. The number of hydrogen-bond donors (Lipinski definition) is 0. The van der Waals surface area contributed by atoms with Gasteiger partial charge in [-0.3, -0.25) is 0 Å². The van der Waals surface area contributed by atoms with Crippen LogP contribution in [0.3, 0.4) is 0 Å². The van der Waals surface area contributed by atoms with E-state index in [2.05, 4.69) is 0 Å². The number of carbonyl (C=O) groups is 2. The fraction of sp³-hybridized carbons (Fsp3) is 0.474. The summed E-state index contributed by atoms with van der Waals surface area (Å²) in [6, 6.07) is 7.56. The summed E-state index contributed by atoms with van der Waals surface area (Å²) in [5, 5.41) is 11.5. The number of carboxylic acid groups (broad SMARTS) is 1. The van der Waals surface area contributed by atoms with Crippen molar-refractivity contribution in [3.8, 4) is 0 Å². The SMILES string of the molecule is CC(C)(C)OC(=O)N1CCC2(C=C(C(=O)[O-])c3ccccc32)CC1. The number of amides is 1. The maximum absolute atomic E-state index is 12.2. The molecule has 1 aromatic rings. The summed E-state index contributed by atoms with van der Waals surface area (Å²) >= 11 is 0. The zero-order valence-corrected chi connectivity index (χ0v) is 14.3. The number of nitrogens with zero attached hydrogens (tertiary/aromatic N) is 1. The third-order valence-corrected chi connectivity index (χ3v) is 4.70. The average molecular weight is 328 g/mol. The van der Waals surface area contributed by atoms with Crippen molar-refractivity contribution in [2.75, 3.05) is 13.1 Å². The molecular formula is C19H22NO4-. The van der Waals surface area contributed by atoms with Gasteiger partial charge in [0, 0.05) is 24.1 Å². The molecule has 1 aromatic carbocycles. The van der Waals surface area contributed by atoms with Crippen LogP contribution in [0.4, 0.5) is 4.79 Å². The van der Waals surface area contributed by atoms with Gasteiger partial charge in [0.15, 0.2) is 0 Å². The van der Waals surface area contributed by atoms with E-state index < -0.39 is 11.6 Å². The van der Waals surface area contributed by atoms with Crippen molar-refractivity contribution in [2.45, 2.75) is 44.6 Å². The second kappa shape index (κ2) is 5.65. The molecule has 0 saturated carbocycles. The Hall–Kier alpha value is -2.30. The van der Waals surface area contributed by atoms with Crippen LogP contribution >= 0.6 is 0 Å². The van der Waals surface area contributed by atoms with Crippen LogP contribution in [-0.2, 0) is 14.9 Å². The third-order valence-electron chi connectivity index (χ3n) is 4.70. The van der Waals surface area contributed by atoms with Crippen LogP contribution in [0.1, 0.15) is 44.7 Å². The molecule has 1 fully saturated rings. The van der Waals surface area contributed by atoms with Crippen LogP contribution in [0.25, 0.3) is 5.57 Å². The molecule has 1 amide bonds. The van der Waals surface area contributed by atoms with Crippen LogP contribution in [0.2, 0.25) is 0 Å². The van der Waals surface area contributed by atoms with Gasteiger partial charge < -0.3 is 19.5 Å². The predicted octanol–water partition coefficient (Wildman–Crippen LogP) is 2.10.